The first-order valence-electron chi connectivity index (χ1n) is 9.44. The van der Waals surface area contributed by atoms with Crippen LogP contribution in [0.15, 0.2) is 72.1 Å². The molecule has 0 amide bonds. The highest BCUT2D eigenvalue weighted by molar-refractivity contribution is 6.00. The first-order valence-corrected chi connectivity index (χ1v) is 9.44. The molecule has 4 rings (SSSR count). The summed E-state index contributed by atoms with van der Waals surface area (Å²) in [4.78, 5) is 12.8. The van der Waals surface area contributed by atoms with Gasteiger partial charge in [0.05, 0.1) is 12.2 Å². The molecule has 9 heteroatoms. The molecule has 0 unspecified atom stereocenters. The molecule has 0 aliphatic rings. The number of aryl methyl sites for hydroxylation is 1. The summed E-state index contributed by atoms with van der Waals surface area (Å²) >= 11 is 0. The Bertz CT molecular complexity index is 1290. The summed E-state index contributed by atoms with van der Waals surface area (Å²) in [6, 6.07) is 12.5. The molecule has 0 radical (unpaired) electrons. The van der Waals surface area contributed by atoms with E-state index in [0.717, 1.165) is 29.5 Å². The van der Waals surface area contributed by atoms with Gasteiger partial charge < -0.3 is 11.1 Å². The van der Waals surface area contributed by atoms with Crippen LogP contribution in [0.25, 0.3) is 11.3 Å². The maximum absolute atomic E-state index is 13.9. The Morgan fingerprint density at radius 2 is 2.06 bits per heavy atom. The first kappa shape index (κ1) is 20.1. The molecule has 3 aromatic heterocycles. The van der Waals surface area contributed by atoms with Gasteiger partial charge in [0, 0.05) is 29.1 Å². The summed E-state index contributed by atoms with van der Waals surface area (Å²) < 4.78 is 28.9. The highest BCUT2D eigenvalue weighted by Crippen LogP contribution is 2.19. The number of aliphatic imine (C=N–C) groups is 1. The minimum Gasteiger partial charge on any atom is -0.384 e. The van der Waals surface area contributed by atoms with Crippen molar-refractivity contribution in [1.29, 1.82) is 0 Å². The molecule has 0 bridgehead atoms. The standard InChI is InChI=1S/C22H19F2N7/c1-14-3-2-4-21(29-14)30-19(15-7-8-31-22(10-15)27-13-28-31)11-20(25)26-12-16-9-17(23)5-6-18(16)24/h2-11,13H,12H2,1H3,(H2,25,26)(H,29,30)/b19-11-. The van der Waals surface area contributed by atoms with Gasteiger partial charge in [-0.05, 0) is 49.4 Å². The smallest absolute Gasteiger partial charge is 0.155 e. The van der Waals surface area contributed by atoms with Crippen LogP contribution in [0.3, 0.4) is 0 Å². The van der Waals surface area contributed by atoms with Crippen LogP contribution < -0.4 is 11.1 Å². The number of aromatic nitrogens is 4. The summed E-state index contributed by atoms with van der Waals surface area (Å²) in [5.74, 6) is -0.312. The van der Waals surface area contributed by atoms with Gasteiger partial charge in [0.25, 0.3) is 0 Å². The van der Waals surface area contributed by atoms with Crippen LogP contribution in [0.2, 0.25) is 0 Å². The summed E-state index contributed by atoms with van der Waals surface area (Å²) in [6.07, 6.45) is 4.84. The number of fused-ring (bicyclic) bond motifs is 1. The molecular weight excluding hydrogens is 400 g/mol. The lowest BCUT2D eigenvalue weighted by atomic mass is 10.1. The van der Waals surface area contributed by atoms with Crippen molar-refractivity contribution in [1.82, 2.24) is 19.6 Å². The van der Waals surface area contributed by atoms with Crippen molar-refractivity contribution in [2.75, 3.05) is 5.32 Å². The molecule has 0 aliphatic heterocycles. The maximum Gasteiger partial charge on any atom is 0.155 e. The Morgan fingerprint density at radius 1 is 1.19 bits per heavy atom. The maximum atomic E-state index is 13.9. The van der Waals surface area contributed by atoms with Crippen LogP contribution in [0.1, 0.15) is 16.8 Å². The number of nitrogens with zero attached hydrogens (tertiary/aromatic N) is 5. The minimum atomic E-state index is -0.540. The van der Waals surface area contributed by atoms with Crippen molar-refractivity contribution in [3.63, 3.8) is 0 Å². The predicted molar refractivity (Wildman–Crippen MR) is 115 cm³/mol. The van der Waals surface area contributed by atoms with E-state index >= 15 is 0 Å². The lowest BCUT2D eigenvalue weighted by molar-refractivity contribution is 0.586. The molecule has 1 aromatic carbocycles. The van der Waals surface area contributed by atoms with Gasteiger partial charge in [-0.15, -0.1) is 0 Å². The average Bonchev–Trinajstić information content (AvgIpc) is 3.22. The van der Waals surface area contributed by atoms with Crippen molar-refractivity contribution in [3.05, 3.63) is 95.6 Å². The fourth-order valence-corrected chi connectivity index (χ4v) is 2.96. The van der Waals surface area contributed by atoms with Crippen molar-refractivity contribution in [2.24, 2.45) is 10.7 Å². The highest BCUT2D eigenvalue weighted by Gasteiger charge is 2.08. The zero-order valence-electron chi connectivity index (χ0n) is 16.6. The van der Waals surface area contributed by atoms with Gasteiger partial charge in [-0.25, -0.2) is 23.3 Å². The zero-order chi connectivity index (χ0) is 21.8. The van der Waals surface area contributed by atoms with Crippen LogP contribution >= 0.6 is 0 Å². The topological polar surface area (TPSA) is 93.5 Å². The van der Waals surface area contributed by atoms with E-state index in [1.165, 1.54) is 6.33 Å². The fourth-order valence-electron chi connectivity index (χ4n) is 2.96. The number of hydrogen-bond acceptors (Lipinski definition) is 5. The molecule has 3 N–H and O–H groups in total. The molecular formula is C22H19F2N7. The van der Waals surface area contributed by atoms with Crippen molar-refractivity contribution < 1.29 is 8.78 Å². The summed E-state index contributed by atoms with van der Waals surface area (Å²) in [5, 5.41) is 7.33. The number of halogens is 2. The quantitative estimate of drug-likeness (QED) is 0.367. The highest BCUT2D eigenvalue weighted by atomic mass is 19.1. The van der Waals surface area contributed by atoms with Gasteiger partial charge in [0.15, 0.2) is 5.65 Å². The van der Waals surface area contributed by atoms with E-state index in [9.17, 15) is 8.78 Å². The number of hydrogen-bond donors (Lipinski definition) is 2. The Kier molecular flexibility index (Phi) is 5.65. The van der Waals surface area contributed by atoms with Crippen LogP contribution in [0, 0.1) is 18.6 Å². The lowest BCUT2D eigenvalue weighted by Gasteiger charge is -2.12. The molecule has 3 heterocycles. The number of nitrogens with one attached hydrogen (secondary N) is 1. The van der Waals surface area contributed by atoms with Crippen LogP contribution in [-0.2, 0) is 6.54 Å². The lowest BCUT2D eigenvalue weighted by Crippen LogP contribution is -2.12. The monoisotopic (exact) mass is 419 g/mol. The van der Waals surface area contributed by atoms with E-state index in [4.69, 9.17) is 5.73 Å². The average molecular weight is 419 g/mol. The summed E-state index contributed by atoms with van der Waals surface area (Å²) in [7, 11) is 0. The molecule has 7 nitrogen and oxygen atoms in total. The molecule has 4 aromatic rings. The largest absolute Gasteiger partial charge is 0.384 e. The van der Waals surface area contributed by atoms with E-state index < -0.39 is 11.6 Å². The Labute approximate surface area is 177 Å². The van der Waals surface area contributed by atoms with Gasteiger partial charge in [0.1, 0.15) is 29.6 Å². The molecule has 0 saturated heterocycles. The van der Waals surface area contributed by atoms with Crippen molar-refractivity contribution in [3.8, 4) is 0 Å². The molecule has 0 aliphatic carbocycles. The second kappa shape index (κ2) is 8.70. The van der Waals surface area contributed by atoms with Gasteiger partial charge in [-0.2, -0.15) is 5.10 Å². The van der Waals surface area contributed by atoms with E-state index in [1.807, 2.05) is 37.3 Å². The number of anilines is 1. The van der Waals surface area contributed by atoms with Crippen molar-refractivity contribution in [2.45, 2.75) is 13.5 Å². The van der Waals surface area contributed by atoms with E-state index in [-0.39, 0.29) is 17.9 Å². The van der Waals surface area contributed by atoms with E-state index in [0.29, 0.717) is 17.2 Å². The number of pyridine rings is 2. The Hall–Kier alpha value is -4.14. The van der Waals surface area contributed by atoms with Gasteiger partial charge in [0.2, 0.25) is 0 Å². The summed E-state index contributed by atoms with van der Waals surface area (Å²) in [5.41, 5.74) is 9.10. The van der Waals surface area contributed by atoms with Gasteiger partial charge in [-0.3, -0.25) is 4.99 Å². The third-order valence-electron chi connectivity index (χ3n) is 4.47. The molecule has 156 valence electrons. The molecule has 31 heavy (non-hydrogen) atoms. The molecule has 0 spiro atoms. The zero-order valence-corrected chi connectivity index (χ0v) is 16.6. The van der Waals surface area contributed by atoms with E-state index in [2.05, 4.69) is 25.4 Å². The fraction of sp³-hybridized carbons (Fsp3) is 0.0909. The first-order chi connectivity index (χ1) is 15.0. The number of benzene rings is 1. The minimum absolute atomic E-state index is 0.0921. The second-order valence-electron chi connectivity index (χ2n) is 6.80. The Balaban J connectivity index is 1.68. The van der Waals surface area contributed by atoms with Crippen molar-refractivity contribution >= 4 is 23.0 Å². The third-order valence-corrected chi connectivity index (χ3v) is 4.47. The molecule has 0 saturated carbocycles. The second-order valence-corrected chi connectivity index (χ2v) is 6.80. The molecule has 0 atom stereocenters. The predicted octanol–water partition coefficient (Wildman–Crippen LogP) is 3.72. The molecule has 0 fully saturated rings. The number of amidine groups is 1. The van der Waals surface area contributed by atoms with E-state index in [1.54, 1.807) is 16.8 Å². The number of nitrogens with two attached hydrogens (primary N) is 1. The normalized spacial score (nSPS) is 12.4. The van der Waals surface area contributed by atoms with Gasteiger partial charge in [-0.1, -0.05) is 6.07 Å². The summed E-state index contributed by atoms with van der Waals surface area (Å²) in [6.45, 7) is 1.80. The van der Waals surface area contributed by atoms with Crippen LogP contribution in [0.5, 0.6) is 0 Å². The number of rotatable bonds is 6. The van der Waals surface area contributed by atoms with Crippen LogP contribution in [0.4, 0.5) is 14.6 Å². The SMILES string of the molecule is Cc1cccc(N/C(=C\C(N)=NCc2cc(F)ccc2F)c2ccn3ncnc3c2)n1. The Morgan fingerprint density at radius 3 is 2.90 bits per heavy atom. The third kappa shape index (κ3) is 4.89. The van der Waals surface area contributed by atoms with Gasteiger partial charge >= 0.3 is 0 Å². The van der Waals surface area contributed by atoms with Crippen LogP contribution in [-0.4, -0.2) is 25.4 Å².